The number of rotatable bonds is 3. The quantitative estimate of drug-likeness (QED) is 0.481. The third-order valence-corrected chi connectivity index (χ3v) is 2.43. The molecule has 1 aromatic carbocycles. The summed E-state index contributed by atoms with van der Waals surface area (Å²) in [7, 11) is 0. The number of para-hydroxylation sites is 1. The van der Waals surface area contributed by atoms with Gasteiger partial charge in [-0.1, -0.05) is 18.2 Å². The van der Waals surface area contributed by atoms with Crippen molar-refractivity contribution in [1.29, 1.82) is 0 Å². The molecule has 0 radical (unpaired) electrons. The molecule has 0 aliphatic heterocycles. The summed E-state index contributed by atoms with van der Waals surface area (Å²) >= 11 is 0. The molecule has 2 rings (SSSR count). The van der Waals surface area contributed by atoms with Gasteiger partial charge in [0.25, 0.3) is 0 Å². The third kappa shape index (κ3) is 4.10. The fourth-order valence-electron chi connectivity index (χ4n) is 1.62. The van der Waals surface area contributed by atoms with E-state index in [4.69, 9.17) is 10.8 Å². The monoisotopic (exact) mass is 252 g/mol. The maximum atomic E-state index is 10.6. The minimum atomic E-state index is -0.972. The summed E-state index contributed by atoms with van der Waals surface area (Å²) in [6.07, 6.45) is 2.16. The molecule has 4 nitrogen and oxygen atoms in total. The average Bonchev–Trinajstić information content (AvgIpc) is 2.62. The molecule has 0 bridgehead atoms. The number of aromatic nitrogens is 1. The number of aromatic amines is 1. The molecule has 6 heteroatoms. The van der Waals surface area contributed by atoms with E-state index in [-0.39, 0.29) is 62.0 Å². The number of hydrogen-bond donors (Lipinski definition) is 3. The van der Waals surface area contributed by atoms with E-state index < -0.39 is 12.0 Å². The Kier molecular flexibility index (Phi) is 7.67. The van der Waals surface area contributed by atoms with Crippen LogP contribution in [-0.2, 0) is 11.2 Å². The predicted octanol–water partition coefficient (Wildman–Crippen LogP) is -4.64. The second-order valence-corrected chi connectivity index (χ2v) is 3.51. The molecule has 0 aliphatic carbocycles. The number of carboxylic acid groups (broad SMARTS) is 1. The van der Waals surface area contributed by atoms with Crippen LogP contribution in [0.3, 0.4) is 0 Å². The molecule has 1 aromatic heterocycles. The van der Waals surface area contributed by atoms with Crippen molar-refractivity contribution in [1.82, 2.24) is 4.98 Å². The van der Waals surface area contributed by atoms with Gasteiger partial charge in [0, 0.05) is 23.5 Å². The number of carboxylic acids is 1. The van der Waals surface area contributed by atoms with Gasteiger partial charge in [-0.15, -0.1) is 0 Å². The fourth-order valence-corrected chi connectivity index (χ4v) is 1.62. The van der Waals surface area contributed by atoms with Crippen molar-refractivity contribution in [2.45, 2.75) is 12.5 Å². The number of fused-ring (bicyclic) bond motifs is 1. The Bertz CT molecular complexity index is 508. The van der Waals surface area contributed by atoms with Gasteiger partial charge in [0.05, 0.1) is 0 Å². The average molecular weight is 252 g/mol. The van der Waals surface area contributed by atoms with Gasteiger partial charge in [-0.2, -0.15) is 0 Å². The van der Waals surface area contributed by atoms with Crippen LogP contribution in [0.15, 0.2) is 30.5 Å². The first-order valence-corrected chi connectivity index (χ1v) is 4.72. The smallest absolute Gasteiger partial charge is 1.00 e. The molecule has 1 atom stereocenters. The summed E-state index contributed by atoms with van der Waals surface area (Å²) < 4.78 is 0. The molecule has 0 fully saturated rings. The topological polar surface area (TPSA) is 79.1 Å². The summed E-state index contributed by atoms with van der Waals surface area (Å²) in [6.45, 7) is 0. The van der Waals surface area contributed by atoms with Crippen LogP contribution in [0, 0.1) is 0 Å². The van der Waals surface area contributed by atoms with Gasteiger partial charge in [-0.05, 0) is 11.6 Å². The number of nitrogens with one attached hydrogen (secondary N) is 1. The number of benzene rings is 1. The molecule has 82 valence electrons. The summed E-state index contributed by atoms with van der Waals surface area (Å²) in [6, 6.07) is 6.91. The summed E-state index contributed by atoms with van der Waals surface area (Å²) in [5.74, 6) is -0.972. The summed E-state index contributed by atoms with van der Waals surface area (Å²) in [5.41, 5.74) is 7.43. The maximum Gasteiger partial charge on any atom is 1.00 e. The van der Waals surface area contributed by atoms with Crippen molar-refractivity contribution >= 4 is 16.9 Å². The molecule has 0 aliphatic rings. The van der Waals surface area contributed by atoms with Crippen molar-refractivity contribution in [3.05, 3.63) is 36.0 Å². The van der Waals surface area contributed by atoms with Crippen LogP contribution < -0.4 is 64.8 Å². The predicted molar refractivity (Wildman–Crippen MR) is 59.8 cm³/mol. The number of aliphatic carboxylic acids is 1. The second-order valence-electron chi connectivity index (χ2n) is 3.51. The van der Waals surface area contributed by atoms with Crippen LogP contribution in [-0.4, -0.2) is 22.1 Å². The summed E-state index contributed by atoms with van der Waals surface area (Å²) in [5, 5.41) is 9.75. The zero-order chi connectivity index (χ0) is 10.8. The Balaban J connectivity index is -0.000000640. The Morgan fingerprint density at radius 3 is 2.71 bits per heavy atom. The molecular weight excluding hydrogens is 238 g/mol. The second kappa shape index (κ2) is 7.59. The molecule has 1 heterocycles. The van der Waals surface area contributed by atoms with E-state index in [1.54, 1.807) is 0 Å². The molecule has 17 heavy (non-hydrogen) atoms. The molecule has 0 saturated carbocycles. The van der Waals surface area contributed by atoms with Crippen molar-refractivity contribution in [2.75, 3.05) is 0 Å². The van der Waals surface area contributed by atoms with Crippen LogP contribution in [0.1, 0.15) is 8.42 Å². The first-order valence-electron chi connectivity index (χ1n) is 4.72. The van der Waals surface area contributed by atoms with Gasteiger partial charge in [0.2, 0.25) is 0 Å². The number of nitrogens with two attached hydrogens (primary N) is 1. The van der Waals surface area contributed by atoms with E-state index in [0.717, 1.165) is 16.5 Å². The van der Waals surface area contributed by atoms with Crippen LogP contribution in [0.4, 0.5) is 0 Å². The third-order valence-electron chi connectivity index (χ3n) is 2.43. The minimum Gasteiger partial charge on any atom is -1.00 e. The normalized spacial score (nSPS) is 11.4. The van der Waals surface area contributed by atoms with Crippen molar-refractivity contribution in [3.8, 4) is 0 Å². The van der Waals surface area contributed by atoms with Gasteiger partial charge in [-0.25, -0.2) is 0 Å². The maximum absolute atomic E-state index is 10.6. The molecule has 0 saturated heterocycles. The van der Waals surface area contributed by atoms with Crippen LogP contribution in [0.2, 0.25) is 0 Å². The van der Waals surface area contributed by atoms with E-state index in [9.17, 15) is 4.79 Å². The standard InChI is InChI=1S/C11H12N2O2.2Na.2H/c12-9(11(14)15)5-7-6-13-10-4-2-1-3-8(7)10;;;;/h1-4,6,9,13H,5,12H2,(H,14,15);;;;/q;2*+1;2*-1/t9-;;;;/m0..../s1. The van der Waals surface area contributed by atoms with E-state index in [0.29, 0.717) is 6.42 Å². The van der Waals surface area contributed by atoms with Crippen LogP contribution >= 0.6 is 0 Å². The van der Waals surface area contributed by atoms with Gasteiger partial charge >= 0.3 is 65.1 Å². The van der Waals surface area contributed by atoms with Crippen molar-refractivity contribution in [3.63, 3.8) is 0 Å². The molecule has 2 aromatic rings. The molecule has 0 spiro atoms. The summed E-state index contributed by atoms with van der Waals surface area (Å²) in [4.78, 5) is 13.7. The first kappa shape index (κ1) is 17.2. The van der Waals surface area contributed by atoms with Gasteiger partial charge in [0.15, 0.2) is 0 Å². The SMILES string of the molecule is N[C@@H](Cc1c[nH]c2ccccc12)C(=O)O.[H-].[H-].[Na+].[Na+]. The van der Waals surface area contributed by atoms with Gasteiger partial charge in [-0.3, -0.25) is 4.79 Å². The largest absolute Gasteiger partial charge is 1.00 e. The van der Waals surface area contributed by atoms with E-state index >= 15 is 0 Å². The van der Waals surface area contributed by atoms with Gasteiger partial charge < -0.3 is 18.7 Å². The number of hydrogen-bond acceptors (Lipinski definition) is 2. The Morgan fingerprint density at radius 1 is 1.41 bits per heavy atom. The zero-order valence-electron chi connectivity index (χ0n) is 12.1. The zero-order valence-corrected chi connectivity index (χ0v) is 14.1. The molecule has 0 unspecified atom stereocenters. The van der Waals surface area contributed by atoms with E-state index in [1.807, 2.05) is 30.5 Å². The fraction of sp³-hybridized carbons (Fsp3) is 0.182. The first-order chi connectivity index (χ1) is 7.18. The molecule has 4 N–H and O–H groups in total. The minimum absolute atomic E-state index is 0. The van der Waals surface area contributed by atoms with Gasteiger partial charge in [0.1, 0.15) is 6.04 Å². The van der Waals surface area contributed by atoms with Crippen LogP contribution in [0.5, 0.6) is 0 Å². The Morgan fingerprint density at radius 2 is 2.06 bits per heavy atom. The van der Waals surface area contributed by atoms with E-state index in [2.05, 4.69) is 4.98 Å². The van der Waals surface area contributed by atoms with Crippen molar-refractivity contribution < 1.29 is 71.9 Å². The van der Waals surface area contributed by atoms with Crippen molar-refractivity contribution in [2.24, 2.45) is 5.73 Å². The molecule has 0 amide bonds. The number of H-pyrrole nitrogens is 1. The van der Waals surface area contributed by atoms with E-state index in [1.165, 1.54) is 0 Å². The molecular formula is C11H14N2Na2O2. The number of carbonyl (C=O) groups is 1. The van der Waals surface area contributed by atoms with Crippen LogP contribution in [0.25, 0.3) is 10.9 Å². The Hall–Kier alpha value is 0.190. The Labute approximate surface area is 147 Å².